The van der Waals surface area contributed by atoms with Crippen molar-refractivity contribution < 1.29 is 23.9 Å². The molecule has 0 saturated heterocycles. The molecule has 3 aromatic carbocycles. The van der Waals surface area contributed by atoms with E-state index in [-0.39, 0.29) is 22.7 Å². The van der Waals surface area contributed by atoms with Gasteiger partial charge < -0.3 is 10.1 Å². The van der Waals surface area contributed by atoms with Crippen LogP contribution in [0.15, 0.2) is 110 Å². The smallest absolute Gasteiger partial charge is 0.331 e. The van der Waals surface area contributed by atoms with Crippen molar-refractivity contribution in [1.29, 1.82) is 0 Å². The number of benzene rings is 3. The zero-order chi connectivity index (χ0) is 29.1. The largest absolute Gasteiger partial charge is 0.452 e. The highest BCUT2D eigenvalue weighted by Gasteiger charge is 2.29. The van der Waals surface area contributed by atoms with Crippen molar-refractivity contribution in [3.63, 3.8) is 0 Å². The third kappa shape index (κ3) is 5.26. The second-order valence-corrected chi connectivity index (χ2v) is 9.41. The summed E-state index contributed by atoms with van der Waals surface area (Å²) in [6, 6.07) is 24.3. The van der Waals surface area contributed by atoms with Gasteiger partial charge in [-0.3, -0.25) is 19.4 Å². The number of para-hydroxylation sites is 1. The van der Waals surface area contributed by atoms with Crippen molar-refractivity contribution in [1.82, 2.24) is 14.8 Å². The van der Waals surface area contributed by atoms with Crippen LogP contribution in [0, 0.1) is 0 Å². The highest BCUT2D eigenvalue weighted by atomic mass is 16.5. The molecule has 1 aliphatic carbocycles. The fourth-order valence-electron chi connectivity index (χ4n) is 4.67. The normalized spacial score (nSPS) is 12.1. The molecule has 0 radical (unpaired) electrons. The van der Waals surface area contributed by atoms with E-state index in [2.05, 4.69) is 15.4 Å². The first kappa shape index (κ1) is 26.3. The Kier molecular flexibility index (Phi) is 7.05. The molecule has 0 unspecified atom stereocenters. The maximum Gasteiger partial charge on any atom is 0.331 e. The quantitative estimate of drug-likeness (QED) is 0.220. The number of ether oxygens (including phenoxy) is 1. The molecule has 9 nitrogen and oxygen atoms in total. The molecule has 1 N–H and O–H groups in total. The first-order valence-corrected chi connectivity index (χ1v) is 13.0. The second-order valence-electron chi connectivity index (χ2n) is 9.41. The number of ketones is 2. The lowest BCUT2D eigenvalue weighted by Crippen LogP contribution is -2.23. The molecule has 42 heavy (non-hydrogen) atoms. The molecule has 204 valence electrons. The molecule has 6 rings (SSSR count). The summed E-state index contributed by atoms with van der Waals surface area (Å²) in [5.74, 6) is -1.87. The van der Waals surface area contributed by atoms with Crippen molar-refractivity contribution in [2.75, 3.05) is 11.9 Å². The van der Waals surface area contributed by atoms with Gasteiger partial charge in [-0.15, -0.1) is 0 Å². The molecule has 2 aromatic heterocycles. The van der Waals surface area contributed by atoms with E-state index < -0.39 is 18.5 Å². The van der Waals surface area contributed by atoms with Gasteiger partial charge in [0.2, 0.25) is 0 Å². The Labute approximate surface area is 240 Å². The minimum atomic E-state index is -0.724. The molecule has 1 amide bonds. The molecule has 0 saturated carbocycles. The molecule has 0 atom stereocenters. The van der Waals surface area contributed by atoms with Crippen molar-refractivity contribution in [3.05, 3.63) is 137 Å². The topological polar surface area (TPSA) is 120 Å². The van der Waals surface area contributed by atoms with E-state index in [0.717, 1.165) is 11.3 Å². The second kappa shape index (κ2) is 11.3. The van der Waals surface area contributed by atoms with Gasteiger partial charge in [-0.05, 0) is 48.5 Å². The summed E-state index contributed by atoms with van der Waals surface area (Å²) in [4.78, 5) is 54.9. The van der Waals surface area contributed by atoms with Crippen LogP contribution in [0.1, 0.15) is 37.4 Å². The van der Waals surface area contributed by atoms with Gasteiger partial charge in [-0.2, -0.15) is 5.10 Å². The Morgan fingerprint density at radius 1 is 0.833 bits per heavy atom. The molecule has 0 fully saturated rings. The number of carbonyl (C=O) groups is 4. The summed E-state index contributed by atoms with van der Waals surface area (Å²) in [7, 11) is 0. The number of hydrogen-bond donors (Lipinski definition) is 1. The van der Waals surface area contributed by atoms with Gasteiger partial charge >= 0.3 is 5.97 Å². The number of pyridine rings is 1. The molecule has 0 bridgehead atoms. The Hall–Kier alpha value is -5.96. The average Bonchev–Trinajstić information content (AvgIpc) is 3.47. The number of esters is 1. The first-order valence-electron chi connectivity index (χ1n) is 13.0. The number of hydrogen-bond acceptors (Lipinski definition) is 7. The van der Waals surface area contributed by atoms with Gasteiger partial charge in [0.25, 0.3) is 5.91 Å². The van der Waals surface area contributed by atoms with Crippen molar-refractivity contribution in [3.8, 4) is 16.9 Å². The van der Waals surface area contributed by atoms with Gasteiger partial charge in [0.05, 0.1) is 5.69 Å². The van der Waals surface area contributed by atoms with Crippen molar-refractivity contribution in [2.24, 2.45) is 0 Å². The lowest BCUT2D eigenvalue weighted by Gasteiger charge is -2.18. The summed E-state index contributed by atoms with van der Waals surface area (Å²) in [5, 5.41) is 7.28. The molecule has 0 spiro atoms. The van der Waals surface area contributed by atoms with Gasteiger partial charge in [-0.25, -0.2) is 9.48 Å². The number of fused-ring (bicyclic) bond motifs is 2. The number of carbonyl (C=O) groups excluding carboxylic acids is 4. The fraction of sp³-hybridized carbons (Fsp3) is 0.0303. The van der Waals surface area contributed by atoms with Gasteiger partial charge in [0.15, 0.2) is 18.2 Å². The lowest BCUT2D eigenvalue weighted by atomic mass is 9.84. The Balaban J connectivity index is 1.12. The monoisotopic (exact) mass is 554 g/mol. The number of nitrogens with one attached hydrogen (secondary N) is 1. The summed E-state index contributed by atoms with van der Waals surface area (Å²) in [6.07, 6.45) is 7.92. The molecule has 9 heteroatoms. The van der Waals surface area contributed by atoms with Crippen LogP contribution in [0.3, 0.4) is 0 Å². The predicted octanol–water partition coefficient (Wildman–Crippen LogP) is 4.90. The van der Waals surface area contributed by atoms with Gasteiger partial charge in [0, 0.05) is 63.7 Å². The van der Waals surface area contributed by atoms with Crippen LogP contribution in [-0.4, -0.2) is 44.8 Å². The minimum absolute atomic E-state index is 0.205. The van der Waals surface area contributed by atoms with E-state index >= 15 is 0 Å². The highest BCUT2D eigenvalue weighted by Crippen LogP contribution is 2.29. The zero-order valence-electron chi connectivity index (χ0n) is 22.1. The zero-order valence-corrected chi connectivity index (χ0v) is 22.1. The van der Waals surface area contributed by atoms with Crippen molar-refractivity contribution in [2.45, 2.75) is 0 Å². The predicted molar refractivity (Wildman–Crippen MR) is 155 cm³/mol. The molecular formula is C33H22N4O5. The van der Waals surface area contributed by atoms with Crippen molar-refractivity contribution >= 4 is 35.2 Å². The number of aromatic nitrogens is 3. The summed E-state index contributed by atoms with van der Waals surface area (Å²) in [6.45, 7) is -0.547. The first-order chi connectivity index (χ1) is 20.5. The standard InChI is InChI=1S/C33H22N4O5/c38-29(35-23-13-14-27-28(17-23)33(41)26-11-5-4-10-25(26)32(27)40)20-42-30(39)15-12-22-19-37(24-8-2-1-3-9-24)36-31(22)21-7-6-16-34-18-21/h1-19H,20H2,(H,35,38). The van der Waals surface area contributed by atoms with E-state index in [1.165, 1.54) is 24.3 Å². The molecular weight excluding hydrogens is 532 g/mol. The Morgan fingerprint density at radius 3 is 2.29 bits per heavy atom. The van der Waals surface area contributed by atoms with Crippen LogP contribution in [0.4, 0.5) is 5.69 Å². The van der Waals surface area contributed by atoms with E-state index in [0.29, 0.717) is 28.1 Å². The van der Waals surface area contributed by atoms with Crippen LogP contribution >= 0.6 is 0 Å². The maximum atomic E-state index is 12.9. The number of nitrogens with zero attached hydrogens (tertiary/aromatic N) is 3. The summed E-state index contributed by atoms with van der Waals surface area (Å²) >= 11 is 0. The van der Waals surface area contributed by atoms with Gasteiger partial charge in [-0.1, -0.05) is 42.5 Å². The number of rotatable bonds is 7. The van der Waals surface area contributed by atoms with E-state index in [1.807, 2.05) is 36.4 Å². The van der Waals surface area contributed by atoms with E-state index in [4.69, 9.17) is 4.74 Å². The summed E-state index contributed by atoms with van der Waals surface area (Å²) < 4.78 is 6.84. The fourth-order valence-corrected chi connectivity index (χ4v) is 4.67. The number of amides is 1. The number of anilines is 1. The molecule has 1 aliphatic rings. The third-order valence-corrected chi connectivity index (χ3v) is 6.65. The third-order valence-electron chi connectivity index (χ3n) is 6.65. The summed E-state index contributed by atoms with van der Waals surface area (Å²) in [5.41, 5.74) is 4.35. The van der Waals surface area contributed by atoms with Crippen LogP contribution in [-0.2, 0) is 14.3 Å². The van der Waals surface area contributed by atoms with Crippen LogP contribution in [0.2, 0.25) is 0 Å². The molecule has 5 aromatic rings. The Bertz CT molecular complexity index is 1880. The molecule has 2 heterocycles. The minimum Gasteiger partial charge on any atom is -0.452 e. The molecule has 0 aliphatic heterocycles. The van der Waals surface area contributed by atoms with Crippen LogP contribution in [0.5, 0.6) is 0 Å². The highest BCUT2D eigenvalue weighted by molar-refractivity contribution is 6.28. The lowest BCUT2D eigenvalue weighted by molar-refractivity contribution is -0.142. The van der Waals surface area contributed by atoms with Crippen LogP contribution < -0.4 is 5.32 Å². The van der Waals surface area contributed by atoms with E-state index in [9.17, 15) is 19.2 Å². The van der Waals surface area contributed by atoms with E-state index in [1.54, 1.807) is 59.7 Å². The van der Waals surface area contributed by atoms with Crippen LogP contribution in [0.25, 0.3) is 23.0 Å². The SMILES string of the molecule is O=C(COC(=O)C=Cc1cn(-c2ccccc2)nc1-c1cccnc1)Nc1ccc2c(c1)C(=O)c1ccccc1C2=O. The maximum absolute atomic E-state index is 12.9. The average molecular weight is 555 g/mol. The Morgan fingerprint density at radius 2 is 1.55 bits per heavy atom. The van der Waals surface area contributed by atoms with Gasteiger partial charge in [0.1, 0.15) is 5.69 Å².